The van der Waals surface area contributed by atoms with Crippen molar-refractivity contribution in [2.75, 3.05) is 19.7 Å². The van der Waals surface area contributed by atoms with E-state index in [0.717, 1.165) is 45.4 Å². The maximum Gasteiger partial charge on any atom is 0.188 e. The second-order valence-electron chi connectivity index (χ2n) is 6.11. The number of nitrogens with zero attached hydrogens (tertiary/aromatic N) is 1. The second kappa shape index (κ2) is 8.79. The zero-order valence-electron chi connectivity index (χ0n) is 13.8. The maximum atomic E-state index is 6.02. The van der Waals surface area contributed by atoms with Crippen LogP contribution in [0.1, 0.15) is 49.8 Å². The molecule has 0 saturated carbocycles. The quantitative estimate of drug-likeness (QED) is 0.482. The Morgan fingerprint density at radius 3 is 2.86 bits per heavy atom. The number of aliphatic imine (C=N–C) groups is 1. The summed E-state index contributed by atoms with van der Waals surface area (Å²) in [7, 11) is 0. The molecule has 1 heterocycles. The standard InChI is InChI=1S/C18H29N3O/c1-3-4-11-20-18(19)21-13-16-6-5-12-22-17(16)15-9-7-14(2)8-10-15/h7-10,16-17H,3-6,11-13H2,1-2H3,(H3,19,20,21). The van der Waals surface area contributed by atoms with Crippen LogP contribution in [0.4, 0.5) is 0 Å². The van der Waals surface area contributed by atoms with E-state index in [1.165, 1.54) is 11.1 Å². The van der Waals surface area contributed by atoms with Crippen LogP contribution < -0.4 is 11.1 Å². The van der Waals surface area contributed by atoms with Crippen LogP contribution in [-0.4, -0.2) is 25.7 Å². The van der Waals surface area contributed by atoms with Crippen molar-refractivity contribution in [3.05, 3.63) is 35.4 Å². The average molecular weight is 303 g/mol. The number of hydrogen-bond acceptors (Lipinski definition) is 2. The SMILES string of the molecule is CCCCNC(N)=NCC1CCCOC1c1ccc(C)cc1. The van der Waals surface area contributed by atoms with Gasteiger partial charge in [0, 0.05) is 25.6 Å². The lowest BCUT2D eigenvalue weighted by atomic mass is 9.89. The molecule has 0 aromatic heterocycles. The molecular formula is C18H29N3O. The van der Waals surface area contributed by atoms with Gasteiger partial charge >= 0.3 is 0 Å². The van der Waals surface area contributed by atoms with Crippen LogP contribution in [0.2, 0.25) is 0 Å². The Morgan fingerprint density at radius 1 is 1.36 bits per heavy atom. The molecule has 4 nitrogen and oxygen atoms in total. The monoisotopic (exact) mass is 303 g/mol. The van der Waals surface area contributed by atoms with E-state index in [1.54, 1.807) is 0 Å². The van der Waals surface area contributed by atoms with E-state index >= 15 is 0 Å². The van der Waals surface area contributed by atoms with Crippen LogP contribution in [0.25, 0.3) is 0 Å². The van der Waals surface area contributed by atoms with Crippen LogP contribution >= 0.6 is 0 Å². The summed E-state index contributed by atoms with van der Waals surface area (Å²) in [6.45, 7) is 6.73. The van der Waals surface area contributed by atoms with Crippen molar-refractivity contribution in [1.82, 2.24) is 5.32 Å². The van der Waals surface area contributed by atoms with E-state index in [4.69, 9.17) is 10.5 Å². The normalized spacial score (nSPS) is 22.5. The molecule has 1 aromatic rings. The van der Waals surface area contributed by atoms with Crippen molar-refractivity contribution in [2.45, 2.75) is 45.6 Å². The van der Waals surface area contributed by atoms with Gasteiger partial charge in [-0.3, -0.25) is 4.99 Å². The topological polar surface area (TPSA) is 59.6 Å². The van der Waals surface area contributed by atoms with Gasteiger partial charge in [-0.25, -0.2) is 0 Å². The summed E-state index contributed by atoms with van der Waals surface area (Å²) in [6, 6.07) is 8.64. The third-order valence-corrected chi connectivity index (χ3v) is 4.18. The number of hydrogen-bond donors (Lipinski definition) is 2. The number of benzene rings is 1. The molecular weight excluding hydrogens is 274 g/mol. The molecule has 2 unspecified atom stereocenters. The van der Waals surface area contributed by atoms with Gasteiger partial charge in [0.2, 0.25) is 0 Å². The zero-order valence-corrected chi connectivity index (χ0v) is 13.8. The second-order valence-corrected chi connectivity index (χ2v) is 6.11. The Balaban J connectivity index is 1.95. The van der Waals surface area contributed by atoms with E-state index in [1.807, 2.05) is 0 Å². The van der Waals surface area contributed by atoms with Crippen molar-refractivity contribution < 1.29 is 4.74 Å². The highest BCUT2D eigenvalue weighted by Crippen LogP contribution is 2.33. The summed E-state index contributed by atoms with van der Waals surface area (Å²) in [4.78, 5) is 4.52. The summed E-state index contributed by atoms with van der Waals surface area (Å²) in [5, 5.41) is 3.17. The molecule has 0 aliphatic carbocycles. The molecule has 1 fully saturated rings. The van der Waals surface area contributed by atoms with Gasteiger partial charge in [0.1, 0.15) is 0 Å². The summed E-state index contributed by atoms with van der Waals surface area (Å²) in [5.74, 6) is 0.963. The molecule has 0 amide bonds. The fourth-order valence-electron chi connectivity index (χ4n) is 2.82. The Labute approximate surface area is 134 Å². The summed E-state index contributed by atoms with van der Waals surface area (Å²) >= 11 is 0. The molecule has 0 spiro atoms. The van der Waals surface area contributed by atoms with Crippen molar-refractivity contribution in [3.8, 4) is 0 Å². The summed E-state index contributed by atoms with van der Waals surface area (Å²) < 4.78 is 6.02. The zero-order chi connectivity index (χ0) is 15.8. The molecule has 1 aliphatic rings. The molecule has 1 aliphatic heterocycles. The molecule has 2 rings (SSSR count). The molecule has 3 N–H and O–H groups in total. The minimum atomic E-state index is 0.140. The smallest absolute Gasteiger partial charge is 0.188 e. The molecule has 1 aromatic carbocycles. The summed E-state index contributed by atoms with van der Waals surface area (Å²) in [5.41, 5.74) is 8.46. The summed E-state index contributed by atoms with van der Waals surface area (Å²) in [6.07, 6.45) is 4.67. The third-order valence-electron chi connectivity index (χ3n) is 4.18. The Bertz CT molecular complexity index is 470. The van der Waals surface area contributed by atoms with Gasteiger partial charge in [-0.1, -0.05) is 43.2 Å². The van der Waals surface area contributed by atoms with Gasteiger partial charge < -0.3 is 15.8 Å². The molecule has 0 bridgehead atoms. The first-order valence-corrected chi connectivity index (χ1v) is 8.42. The number of rotatable bonds is 6. The van der Waals surface area contributed by atoms with Gasteiger partial charge in [-0.05, 0) is 31.7 Å². The van der Waals surface area contributed by atoms with Crippen LogP contribution in [-0.2, 0) is 4.74 Å². The fraction of sp³-hybridized carbons (Fsp3) is 0.611. The average Bonchev–Trinajstić information content (AvgIpc) is 2.54. The van der Waals surface area contributed by atoms with Gasteiger partial charge in [-0.15, -0.1) is 0 Å². The van der Waals surface area contributed by atoms with Crippen molar-refractivity contribution in [1.29, 1.82) is 0 Å². The predicted octanol–water partition coefficient (Wildman–Crippen LogP) is 3.17. The van der Waals surface area contributed by atoms with Crippen LogP contribution in [0, 0.1) is 12.8 Å². The Morgan fingerprint density at radius 2 is 2.14 bits per heavy atom. The van der Waals surface area contributed by atoms with E-state index < -0.39 is 0 Å². The number of unbranched alkanes of at least 4 members (excludes halogenated alkanes) is 1. The van der Waals surface area contributed by atoms with Crippen molar-refractivity contribution in [2.24, 2.45) is 16.6 Å². The highest BCUT2D eigenvalue weighted by Gasteiger charge is 2.27. The fourth-order valence-corrected chi connectivity index (χ4v) is 2.82. The van der Waals surface area contributed by atoms with E-state index in [9.17, 15) is 0 Å². The molecule has 2 atom stereocenters. The first kappa shape index (κ1) is 16.8. The molecule has 0 radical (unpaired) electrons. The van der Waals surface area contributed by atoms with E-state index in [-0.39, 0.29) is 6.10 Å². The van der Waals surface area contributed by atoms with Crippen LogP contribution in [0.15, 0.2) is 29.3 Å². The Kier molecular flexibility index (Phi) is 6.72. The highest BCUT2D eigenvalue weighted by atomic mass is 16.5. The molecule has 4 heteroatoms. The molecule has 122 valence electrons. The number of aryl methyl sites for hydroxylation is 1. The minimum absolute atomic E-state index is 0.140. The van der Waals surface area contributed by atoms with Gasteiger partial charge in [-0.2, -0.15) is 0 Å². The van der Waals surface area contributed by atoms with Crippen molar-refractivity contribution >= 4 is 5.96 Å². The lowest BCUT2D eigenvalue weighted by molar-refractivity contribution is -0.0250. The largest absolute Gasteiger partial charge is 0.373 e. The first-order valence-electron chi connectivity index (χ1n) is 8.42. The van der Waals surface area contributed by atoms with Gasteiger partial charge in [0.15, 0.2) is 5.96 Å². The van der Waals surface area contributed by atoms with Gasteiger partial charge in [0.25, 0.3) is 0 Å². The number of nitrogens with one attached hydrogen (secondary N) is 1. The molecule has 1 saturated heterocycles. The lowest BCUT2D eigenvalue weighted by Gasteiger charge is -2.31. The van der Waals surface area contributed by atoms with E-state index in [2.05, 4.69) is 48.4 Å². The van der Waals surface area contributed by atoms with Crippen LogP contribution in [0.3, 0.4) is 0 Å². The number of nitrogens with two attached hydrogens (primary N) is 1. The number of ether oxygens (including phenoxy) is 1. The molecule has 22 heavy (non-hydrogen) atoms. The van der Waals surface area contributed by atoms with Gasteiger partial charge in [0.05, 0.1) is 6.10 Å². The van der Waals surface area contributed by atoms with E-state index in [0.29, 0.717) is 11.9 Å². The van der Waals surface area contributed by atoms with Crippen molar-refractivity contribution in [3.63, 3.8) is 0 Å². The Hall–Kier alpha value is -1.55. The number of guanidine groups is 1. The maximum absolute atomic E-state index is 6.02. The third kappa shape index (κ3) is 5.02. The first-order chi connectivity index (χ1) is 10.7. The van der Waals surface area contributed by atoms with Crippen LogP contribution in [0.5, 0.6) is 0 Å². The lowest BCUT2D eigenvalue weighted by Crippen LogP contribution is -2.34. The highest BCUT2D eigenvalue weighted by molar-refractivity contribution is 5.77. The predicted molar refractivity (Wildman–Crippen MR) is 92.0 cm³/mol. The minimum Gasteiger partial charge on any atom is -0.373 e.